The smallest absolute Gasteiger partial charge is 0.170 e. The molecule has 0 radical (unpaired) electrons. The van der Waals surface area contributed by atoms with Gasteiger partial charge in [-0.15, -0.1) is 0 Å². The van der Waals surface area contributed by atoms with Crippen LogP contribution >= 0.6 is 15.9 Å². The van der Waals surface area contributed by atoms with Crippen LogP contribution in [0.4, 0.5) is 0 Å². The third kappa shape index (κ3) is 1.87. The third-order valence-electron chi connectivity index (χ3n) is 1.44. The number of Topliss-reactive ketones (excluding diaryl/α,β-unsaturated/α-hetero) is 2. The molecule has 58 valence electrons. The van der Waals surface area contributed by atoms with Crippen LogP contribution in [0.25, 0.3) is 0 Å². The largest absolute Gasteiger partial charge is 0.294 e. The maximum Gasteiger partial charge on any atom is 0.170 e. The molecule has 0 saturated carbocycles. The minimum atomic E-state index is -0.167. The van der Waals surface area contributed by atoms with Crippen molar-refractivity contribution in [1.82, 2.24) is 0 Å². The number of carbonyl (C=O) groups excluding carboxylic acids is 2. The fourth-order valence-electron chi connectivity index (χ4n) is 0.875. The molecule has 0 amide bonds. The van der Waals surface area contributed by atoms with Gasteiger partial charge in [-0.25, -0.2) is 0 Å². The highest BCUT2D eigenvalue weighted by atomic mass is 79.9. The summed E-state index contributed by atoms with van der Waals surface area (Å²) in [7, 11) is 0. The Morgan fingerprint density at radius 1 is 1.64 bits per heavy atom. The highest BCUT2D eigenvalue weighted by molar-refractivity contribution is 9.11. The number of carbonyl (C=O) groups is 2. The molecule has 0 aromatic carbocycles. The lowest BCUT2D eigenvalue weighted by atomic mass is 10.0. The summed E-state index contributed by atoms with van der Waals surface area (Å²) in [6.07, 6.45) is 3.63. The van der Waals surface area contributed by atoms with E-state index in [1.165, 1.54) is 6.92 Å². The van der Waals surface area contributed by atoms with Crippen molar-refractivity contribution in [3.63, 3.8) is 0 Å². The first-order valence-electron chi connectivity index (χ1n) is 3.23. The van der Waals surface area contributed by atoms with Crippen LogP contribution in [0.2, 0.25) is 0 Å². The first-order valence-corrected chi connectivity index (χ1v) is 4.02. The SMILES string of the molecule is CC(=O)C1=CC(Br)=CCC1=O. The van der Waals surface area contributed by atoms with E-state index in [-0.39, 0.29) is 11.6 Å². The molecule has 0 spiro atoms. The lowest BCUT2D eigenvalue weighted by Gasteiger charge is -2.05. The summed E-state index contributed by atoms with van der Waals surface area (Å²) < 4.78 is 0.808. The predicted octanol–water partition coefficient (Wildman–Crippen LogP) is 1.75. The molecule has 0 bridgehead atoms. The molecule has 1 aliphatic carbocycles. The zero-order chi connectivity index (χ0) is 8.43. The van der Waals surface area contributed by atoms with E-state index in [0.29, 0.717) is 12.0 Å². The Balaban J connectivity index is 2.99. The molecule has 0 heterocycles. The van der Waals surface area contributed by atoms with Crippen LogP contribution in [-0.2, 0) is 9.59 Å². The minimum absolute atomic E-state index is 0.0966. The standard InChI is InChI=1S/C8H7BrO2/c1-5(10)7-4-6(9)2-3-8(7)11/h2,4H,3H2,1H3. The number of allylic oxidation sites excluding steroid dienone is 4. The van der Waals surface area contributed by atoms with Crippen molar-refractivity contribution in [3.8, 4) is 0 Å². The van der Waals surface area contributed by atoms with Crippen molar-refractivity contribution in [2.24, 2.45) is 0 Å². The molecule has 11 heavy (non-hydrogen) atoms. The van der Waals surface area contributed by atoms with Gasteiger partial charge < -0.3 is 0 Å². The summed E-state index contributed by atoms with van der Waals surface area (Å²) >= 11 is 3.20. The molecule has 0 saturated heterocycles. The van der Waals surface area contributed by atoms with Gasteiger partial charge in [0, 0.05) is 10.9 Å². The number of rotatable bonds is 1. The Hall–Kier alpha value is -0.700. The molecule has 0 atom stereocenters. The Kier molecular flexibility index (Phi) is 2.39. The minimum Gasteiger partial charge on any atom is -0.294 e. The second kappa shape index (κ2) is 3.13. The average molecular weight is 215 g/mol. The fraction of sp³-hybridized carbons (Fsp3) is 0.250. The Morgan fingerprint density at radius 3 is 2.73 bits per heavy atom. The van der Waals surface area contributed by atoms with E-state index in [1.807, 2.05) is 0 Å². The van der Waals surface area contributed by atoms with Crippen LogP contribution in [0.3, 0.4) is 0 Å². The van der Waals surface area contributed by atoms with E-state index in [9.17, 15) is 9.59 Å². The average Bonchev–Trinajstić information content (AvgIpc) is 1.94. The Labute approximate surface area is 73.1 Å². The molecule has 3 heteroatoms. The summed E-state index contributed by atoms with van der Waals surface area (Å²) in [4.78, 5) is 21.8. The molecule has 0 fully saturated rings. The van der Waals surface area contributed by atoms with Gasteiger partial charge in [-0.3, -0.25) is 9.59 Å². The van der Waals surface area contributed by atoms with Crippen molar-refractivity contribution in [2.45, 2.75) is 13.3 Å². The highest BCUT2D eigenvalue weighted by Crippen LogP contribution is 2.18. The number of halogens is 1. The second-order valence-electron chi connectivity index (χ2n) is 2.33. The molecule has 0 N–H and O–H groups in total. The monoisotopic (exact) mass is 214 g/mol. The fourth-order valence-corrected chi connectivity index (χ4v) is 1.27. The molecular weight excluding hydrogens is 208 g/mol. The summed E-state index contributed by atoms with van der Waals surface area (Å²) in [5.74, 6) is -0.263. The molecule has 0 aromatic rings. The van der Waals surface area contributed by atoms with Crippen LogP contribution in [0.1, 0.15) is 13.3 Å². The Bertz CT molecular complexity index is 274. The first kappa shape index (κ1) is 8.40. The van der Waals surface area contributed by atoms with Gasteiger partial charge in [0.25, 0.3) is 0 Å². The third-order valence-corrected chi connectivity index (χ3v) is 2.00. The summed E-state index contributed by atoms with van der Waals surface area (Å²) in [6.45, 7) is 1.40. The van der Waals surface area contributed by atoms with Crippen LogP contribution < -0.4 is 0 Å². The van der Waals surface area contributed by atoms with Crippen LogP contribution in [0, 0.1) is 0 Å². The lowest BCUT2D eigenvalue weighted by Crippen LogP contribution is -2.11. The van der Waals surface area contributed by atoms with E-state index in [4.69, 9.17) is 0 Å². The summed E-state index contributed by atoms with van der Waals surface area (Å²) in [5.41, 5.74) is 0.291. The van der Waals surface area contributed by atoms with E-state index >= 15 is 0 Å². The maximum atomic E-state index is 11.0. The van der Waals surface area contributed by atoms with Crippen molar-refractivity contribution >= 4 is 27.5 Å². The quantitative estimate of drug-likeness (QED) is 0.624. The van der Waals surface area contributed by atoms with E-state index in [1.54, 1.807) is 12.2 Å². The van der Waals surface area contributed by atoms with Gasteiger partial charge in [-0.2, -0.15) is 0 Å². The van der Waals surface area contributed by atoms with Crippen LogP contribution in [-0.4, -0.2) is 11.6 Å². The van der Waals surface area contributed by atoms with E-state index < -0.39 is 0 Å². The van der Waals surface area contributed by atoms with Crippen LogP contribution in [0.5, 0.6) is 0 Å². The first-order chi connectivity index (χ1) is 5.11. The van der Waals surface area contributed by atoms with Gasteiger partial charge in [0.2, 0.25) is 0 Å². The van der Waals surface area contributed by atoms with Gasteiger partial charge in [0.1, 0.15) is 0 Å². The molecule has 1 aliphatic rings. The van der Waals surface area contributed by atoms with Gasteiger partial charge in [0.05, 0.1) is 5.57 Å². The van der Waals surface area contributed by atoms with Gasteiger partial charge in [-0.1, -0.05) is 22.0 Å². The molecule has 2 nitrogen and oxygen atoms in total. The van der Waals surface area contributed by atoms with Gasteiger partial charge in [0.15, 0.2) is 11.6 Å². The molecule has 1 rings (SSSR count). The normalized spacial score (nSPS) is 17.5. The maximum absolute atomic E-state index is 11.0. The summed E-state index contributed by atoms with van der Waals surface area (Å²) in [6, 6.07) is 0. The number of hydrogen-bond donors (Lipinski definition) is 0. The summed E-state index contributed by atoms with van der Waals surface area (Å²) in [5, 5.41) is 0. The molecule has 0 aliphatic heterocycles. The van der Waals surface area contributed by atoms with Crippen molar-refractivity contribution in [3.05, 3.63) is 22.2 Å². The van der Waals surface area contributed by atoms with E-state index in [0.717, 1.165) is 4.48 Å². The van der Waals surface area contributed by atoms with Gasteiger partial charge >= 0.3 is 0 Å². The Morgan fingerprint density at radius 2 is 2.27 bits per heavy atom. The van der Waals surface area contributed by atoms with Crippen molar-refractivity contribution < 1.29 is 9.59 Å². The highest BCUT2D eigenvalue weighted by Gasteiger charge is 2.16. The zero-order valence-corrected chi connectivity index (χ0v) is 7.64. The zero-order valence-electron chi connectivity index (χ0n) is 6.06. The van der Waals surface area contributed by atoms with Gasteiger partial charge in [-0.05, 0) is 13.0 Å². The molecule has 0 aromatic heterocycles. The van der Waals surface area contributed by atoms with Crippen LogP contribution in [0.15, 0.2) is 22.2 Å². The lowest BCUT2D eigenvalue weighted by molar-refractivity contribution is -0.120. The van der Waals surface area contributed by atoms with Crippen molar-refractivity contribution in [2.75, 3.05) is 0 Å². The topological polar surface area (TPSA) is 34.1 Å². The van der Waals surface area contributed by atoms with E-state index in [2.05, 4.69) is 15.9 Å². The number of hydrogen-bond acceptors (Lipinski definition) is 2. The van der Waals surface area contributed by atoms with Crippen molar-refractivity contribution in [1.29, 1.82) is 0 Å². The molecular formula is C8H7BrO2. The predicted molar refractivity (Wildman–Crippen MR) is 45.4 cm³/mol. The molecule has 0 unspecified atom stereocenters. The number of ketones is 2. The second-order valence-corrected chi connectivity index (χ2v) is 3.25.